The molecule has 88 valence electrons. The maximum absolute atomic E-state index is 11.5. The second-order valence-electron chi connectivity index (χ2n) is 3.51. The Balaban J connectivity index is 1.95. The molecule has 0 unspecified atom stereocenters. The zero-order valence-electron chi connectivity index (χ0n) is 8.65. The van der Waals surface area contributed by atoms with E-state index < -0.39 is 18.3 Å². The molecule has 16 heavy (non-hydrogen) atoms. The van der Waals surface area contributed by atoms with E-state index in [4.69, 9.17) is 0 Å². The van der Waals surface area contributed by atoms with Crippen molar-refractivity contribution in [3.63, 3.8) is 0 Å². The Morgan fingerprint density at radius 3 is 2.81 bits per heavy atom. The molecular formula is C8H12N4O4. The molecule has 2 aliphatic rings. The van der Waals surface area contributed by atoms with Crippen molar-refractivity contribution in [3.05, 3.63) is 0 Å². The van der Waals surface area contributed by atoms with Crippen molar-refractivity contribution in [2.75, 3.05) is 13.7 Å². The Hall–Kier alpha value is -1.99. The molecule has 8 nitrogen and oxygen atoms in total. The van der Waals surface area contributed by atoms with Gasteiger partial charge in [0.1, 0.15) is 12.3 Å². The van der Waals surface area contributed by atoms with Gasteiger partial charge in [-0.25, -0.2) is 9.59 Å². The van der Waals surface area contributed by atoms with E-state index in [0.717, 1.165) is 0 Å². The van der Waals surface area contributed by atoms with E-state index in [1.54, 1.807) is 0 Å². The molecule has 2 heterocycles. The van der Waals surface area contributed by atoms with Crippen LogP contribution in [0, 0.1) is 0 Å². The predicted octanol–water partition coefficient (Wildman–Crippen LogP) is -1.46. The van der Waals surface area contributed by atoms with Crippen LogP contribution in [0.15, 0.2) is 0 Å². The number of amides is 4. The molecule has 0 aromatic heterocycles. The lowest BCUT2D eigenvalue weighted by Gasteiger charge is -2.20. The van der Waals surface area contributed by atoms with Crippen LogP contribution in [0.1, 0.15) is 6.42 Å². The number of rotatable bonds is 3. The number of urea groups is 2. The van der Waals surface area contributed by atoms with Gasteiger partial charge in [0, 0.05) is 6.54 Å². The normalized spacial score (nSPS) is 26.9. The van der Waals surface area contributed by atoms with Gasteiger partial charge in [0.15, 0.2) is 0 Å². The summed E-state index contributed by atoms with van der Waals surface area (Å²) >= 11 is 0. The topological polar surface area (TPSA) is 99.8 Å². The molecule has 0 bridgehead atoms. The van der Waals surface area contributed by atoms with Crippen LogP contribution >= 0.6 is 0 Å². The minimum Gasteiger partial charge on any atom is -0.469 e. The number of hydrogen-bond donors (Lipinski definition) is 3. The van der Waals surface area contributed by atoms with Crippen LogP contribution in [0.2, 0.25) is 0 Å². The molecule has 0 radical (unpaired) electrons. The minimum absolute atomic E-state index is 0.100. The van der Waals surface area contributed by atoms with E-state index in [1.807, 2.05) is 0 Å². The van der Waals surface area contributed by atoms with Crippen molar-refractivity contribution in [2.45, 2.75) is 18.8 Å². The lowest BCUT2D eigenvalue weighted by atomic mass is 10.3. The quantitative estimate of drug-likeness (QED) is 0.514. The van der Waals surface area contributed by atoms with E-state index in [1.165, 1.54) is 12.0 Å². The highest BCUT2D eigenvalue weighted by Crippen LogP contribution is 2.14. The fourth-order valence-corrected chi connectivity index (χ4v) is 1.75. The number of carbonyl (C=O) groups is 3. The fraction of sp³-hybridized carbons (Fsp3) is 0.625. The molecule has 2 saturated heterocycles. The molecular weight excluding hydrogens is 216 g/mol. The Bertz CT molecular complexity index is 345. The maximum atomic E-state index is 11.5. The van der Waals surface area contributed by atoms with Crippen molar-refractivity contribution < 1.29 is 19.1 Å². The van der Waals surface area contributed by atoms with E-state index in [9.17, 15) is 14.4 Å². The highest BCUT2D eigenvalue weighted by Gasteiger charge is 2.45. The van der Waals surface area contributed by atoms with Gasteiger partial charge in [-0.2, -0.15) is 0 Å². The van der Waals surface area contributed by atoms with Crippen LogP contribution in [0.4, 0.5) is 9.59 Å². The van der Waals surface area contributed by atoms with Crippen LogP contribution < -0.4 is 16.0 Å². The number of nitrogens with zero attached hydrogens (tertiary/aromatic N) is 1. The number of methoxy groups -OCH3 is 1. The maximum Gasteiger partial charge on any atom is 0.320 e. The van der Waals surface area contributed by atoms with Crippen molar-refractivity contribution >= 4 is 18.0 Å². The van der Waals surface area contributed by atoms with E-state index in [0.29, 0.717) is 0 Å². The summed E-state index contributed by atoms with van der Waals surface area (Å²) in [7, 11) is 1.29. The monoisotopic (exact) mass is 228 g/mol. The van der Waals surface area contributed by atoms with Gasteiger partial charge in [-0.15, -0.1) is 0 Å². The molecule has 2 fully saturated rings. The summed E-state index contributed by atoms with van der Waals surface area (Å²) in [6, 6.07) is -0.649. The lowest BCUT2D eigenvalue weighted by Crippen LogP contribution is -2.44. The molecule has 8 heteroatoms. The second-order valence-corrected chi connectivity index (χ2v) is 3.51. The number of ether oxygens (including phenoxy) is 1. The zero-order chi connectivity index (χ0) is 11.7. The lowest BCUT2D eigenvalue weighted by molar-refractivity contribution is -0.140. The first-order valence-electron chi connectivity index (χ1n) is 4.83. The Kier molecular flexibility index (Phi) is 2.55. The average Bonchev–Trinajstić information content (AvgIpc) is 2.71. The SMILES string of the molecule is COC(=O)CCN1C(=O)N[C@@H]2NC(=O)N[C@H]21. The summed E-state index contributed by atoms with van der Waals surface area (Å²) < 4.78 is 4.48. The Labute approximate surface area is 91.3 Å². The standard InChI is InChI=1S/C8H12N4O4/c1-16-4(13)2-3-12-6-5(10-8(12)15)9-7(14)11-6/h5-6H,2-3H2,1H3,(H,10,15)(H2,9,11,14)/t5-,6-/m0/s1. The molecule has 0 saturated carbocycles. The summed E-state index contributed by atoms with van der Waals surface area (Å²) in [5.41, 5.74) is 0. The van der Waals surface area contributed by atoms with Crippen molar-refractivity contribution in [2.24, 2.45) is 0 Å². The van der Waals surface area contributed by atoms with E-state index in [-0.39, 0.29) is 25.0 Å². The number of fused-ring (bicyclic) bond motifs is 1. The molecule has 2 aliphatic heterocycles. The first-order chi connectivity index (χ1) is 7.61. The van der Waals surface area contributed by atoms with Crippen molar-refractivity contribution in [1.29, 1.82) is 0 Å². The van der Waals surface area contributed by atoms with Crippen molar-refractivity contribution in [1.82, 2.24) is 20.9 Å². The van der Waals surface area contributed by atoms with Gasteiger partial charge >= 0.3 is 18.0 Å². The van der Waals surface area contributed by atoms with Gasteiger partial charge in [-0.3, -0.25) is 9.69 Å². The Morgan fingerprint density at radius 2 is 2.12 bits per heavy atom. The summed E-state index contributed by atoms with van der Waals surface area (Å²) in [6.07, 6.45) is -0.773. The summed E-state index contributed by atoms with van der Waals surface area (Å²) in [6.45, 7) is 0.210. The van der Waals surface area contributed by atoms with Gasteiger partial charge in [0.25, 0.3) is 0 Å². The zero-order valence-corrected chi connectivity index (χ0v) is 8.65. The number of carbonyl (C=O) groups excluding carboxylic acids is 3. The third-order valence-corrected chi connectivity index (χ3v) is 2.54. The molecule has 0 aliphatic carbocycles. The van der Waals surface area contributed by atoms with Crippen LogP contribution in [0.25, 0.3) is 0 Å². The molecule has 0 aromatic rings. The Morgan fingerprint density at radius 1 is 1.38 bits per heavy atom. The van der Waals surface area contributed by atoms with Crippen LogP contribution in [-0.2, 0) is 9.53 Å². The van der Waals surface area contributed by atoms with Crippen LogP contribution in [0.3, 0.4) is 0 Å². The van der Waals surface area contributed by atoms with E-state index >= 15 is 0 Å². The number of hydrogen-bond acceptors (Lipinski definition) is 4. The summed E-state index contributed by atoms with van der Waals surface area (Å²) in [5, 5.41) is 7.69. The van der Waals surface area contributed by atoms with E-state index in [2.05, 4.69) is 20.7 Å². The first kappa shape index (κ1) is 10.5. The average molecular weight is 228 g/mol. The predicted molar refractivity (Wildman–Crippen MR) is 51.1 cm³/mol. The van der Waals surface area contributed by atoms with Gasteiger partial charge in [-0.1, -0.05) is 0 Å². The first-order valence-corrected chi connectivity index (χ1v) is 4.83. The minimum atomic E-state index is -0.440. The molecule has 3 N–H and O–H groups in total. The molecule has 0 spiro atoms. The molecule has 0 aromatic carbocycles. The summed E-state index contributed by atoms with van der Waals surface area (Å²) in [5.74, 6) is -0.395. The molecule has 4 amide bonds. The number of nitrogens with one attached hydrogen (secondary N) is 3. The third-order valence-electron chi connectivity index (χ3n) is 2.54. The van der Waals surface area contributed by atoms with Crippen molar-refractivity contribution in [3.8, 4) is 0 Å². The largest absolute Gasteiger partial charge is 0.469 e. The fourth-order valence-electron chi connectivity index (χ4n) is 1.75. The highest BCUT2D eigenvalue weighted by atomic mass is 16.5. The second kappa shape index (κ2) is 3.87. The third kappa shape index (κ3) is 1.73. The van der Waals surface area contributed by atoms with Crippen LogP contribution in [-0.4, -0.2) is 48.9 Å². The van der Waals surface area contributed by atoms with Crippen LogP contribution in [0.5, 0.6) is 0 Å². The van der Waals surface area contributed by atoms with Gasteiger partial charge in [0.05, 0.1) is 13.5 Å². The molecule has 2 atom stereocenters. The van der Waals surface area contributed by atoms with Gasteiger partial charge in [-0.05, 0) is 0 Å². The summed E-state index contributed by atoms with van der Waals surface area (Å²) in [4.78, 5) is 34.8. The van der Waals surface area contributed by atoms with Gasteiger partial charge in [0.2, 0.25) is 0 Å². The number of esters is 1. The molecule has 2 rings (SSSR count). The smallest absolute Gasteiger partial charge is 0.320 e. The van der Waals surface area contributed by atoms with Gasteiger partial charge < -0.3 is 20.7 Å². The highest BCUT2D eigenvalue weighted by molar-refractivity contribution is 5.85.